The molecular weight excluding hydrogens is 488 g/mol. The largest absolute Gasteiger partial charge is 0.330 e. The zero-order chi connectivity index (χ0) is 20.4. The molecule has 0 aliphatic heterocycles. The maximum Gasteiger partial charge on any atom is 0.330 e. The quantitative estimate of drug-likeness (QED) is 0.505. The third kappa shape index (κ3) is 4.00. The smallest absolute Gasteiger partial charge is 0.296 e. The predicted molar refractivity (Wildman–Crippen MR) is 118 cm³/mol. The number of carbonyl (C=O) groups is 1. The molecule has 0 aliphatic carbocycles. The van der Waals surface area contributed by atoms with Gasteiger partial charge in [0.05, 0.1) is 5.69 Å². The molecule has 7 heteroatoms. The molecule has 142 valence electrons. The van der Waals surface area contributed by atoms with Crippen LogP contribution in [0.2, 0.25) is 0 Å². The number of benzene rings is 2. The van der Waals surface area contributed by atoms with E-state index >= 15 is 0 Å². The highest BCUT2D eigenvalue weighted by Gasteiger charge is 2.21. The standard InChI is InChI=1S/C21H16Br2N2O3/c1-24-17(12-5-13-3-8-15(22)9-4-13)18(20(27)25(2)21(24)28)19(26)14-6-10-16(23)11-7-14/h3-12H,1-2H3. The molecule has 0 bridgehead atoms. The fourth-order valence-corrected chi connectivity index (χ4v) is 3.29. The van der Waals surface area contributed by atoms with Gasteiger partial charge in [0, 0.05) is 28.6 Å². The lowest BCUT2D eigenvalue weighted by Crippen LogP contribution is -2.41. The van der Waals surface area contributed by atoms with Gasteiger partial charge in [-0.25, -0.2) is 4.79 Å². The second-order valence-electron chi connectivity index (χ2n) is 6.19. The molecule has 28 heavy (non-hydrogen) atoms. The fourth-order valence-electron chi connectivity index (χ4n) is 2.76. The molecule has 2 aromatic carbocycles. The molecule has 0 fully saturated rings. The minimum absolute atomic E-state index is 0.0414. The molecule has 0 saturated heterocycles. The Bertz CT molecular complexity index is 1190. The Morgan fingerprint density at radius 3 is 1.93 bits per heavy atom. The Morgan fingerprint density at radius 2 is 1.36 bits per heavy atom. The van der Waals surface area contributed by atoms with Crippen LogP contribution in [-0.4, -0.2) is 14.9 Å². The highest BCUT2D eigenvalue weighted by molar-refractivity contribution is 9.10. The zero-order valence-electron chi connectivity index (χ0n) is 15.1. The van der Waals surface area contributed by atoms with E-state index in [4.69, 9.17) is 0 Å². The summed E-state index contributed by atoms with van der Waals surface area (Å²) < 4.78 is 4.02. The maximum atomic E-state index is 13.1. The first-order valence-corrected chi connectivity index (χ1v) is 9.92. The molecule has 3 rings (SSSR count). The van der Waals surface area contributed by atoms with E-state index in [-0.39, 0.29) is 11.3 Å². The summed E-state index contributed by atoms with van der Waals surface area (Å²) in [5, 5.41) is 0. The molecular formula is C21H16Br2N2O3. The predicted octanol–water partition coefficient (Wildman–Crippen LogP) is 4.01. The van der Waals surface area contributed by atoms with Gasteiger partial charge in [-0.2, -0.15) is 0 Å². The normalized spacial score (nSPS) is 11.1. The summed E-state index contributed by atoms with van der Waals surface area (Å²) in [6, 6.07) is 14.3. The number of rotatable bonds is 4. The SMILES string of the molecule is Cn1c(C=Cc2ccc(Br)cc2)c(C(=O)c2ccc(Br)cc2)c(=O)n(C)c1=O. The van der Waals surface area contributed by atoms with E-state index in [1.54, 1.807) is 43.5 Å². The van der Waals surface area contributed by atoms with Gasteiger partial charge in [-0.15, -0.1) is 0 Å². The number of carbonyl (C=O) groups excluding carboxylic acids is 1. The van der Waals surface area contributed by atoms with E-state index in [9.17, 15) is 14.4 Å². The fraction of sp³-hybridized carbons (Fsp3) is 0.0952. The monoisotopic (exact) mass is 502 g/mol. The van der Waals surface area contributed by atoms with Gasteiger partial charge in [0.2, 0.25) is 5.78 Å². The number of hydrogen-bond acceptors (Lipinski definition) is 3. The van der Waals surface area contributed by atoms with E-state index in [0.29, 0.717) is 5.56 Å². The van der Waals surface area contributed by atoms with Crippen molar-refractivity contribution < 1.29 is 4.79 Å². The number of aromatic nitrogens is 2. The maximum absolute atomic E-state index is 13.1. The molecule has 0 N–H and O–H groups in total. The summed E-state index contributed by atoms with van der Waals surface area (Å²) in [4.78, 5) is 38.3. The topological polar surface area (TPSA) is 61.1 Å². The van der Waals surface area contributed by atoms with Crippen LogP contribution in [0.25, 0.3) is 12.2 Å². The summed E-state index contributed by atoms with van der Waals surface area (Å²) in [6.45, 7) is 0. The van der Waals surface area contributed by atoms with Gasteiger partial charge >= 0.3 is 5.69 Å². The highest BCUT2D eigenvalue weighted by atomic mass is 79.9. The Morgan fingerprint density at radius 1 is 0.821 bits per heavy atom. The molecule has 1 aromatic heterocycles. The van der Waals surface area contributed by atoms with Gasteiger partial charge in [0.1, 0.15) is 5.56 Å². The van der Waals surface area contributed by atoms with Crippen molar-refractivity contribution in [2.75, 3.05) is 0 Å². The first kappa shape index (κ1) is 20.2. The van der Waals surface area contributed by atoms with Crippen molar-refractivity contribution in [1.82, 2.24) is 9.13 Å². The summed E-state index contributed by atoms with van der Waals surface area (Å²) in [7, 11) is 2.91. The minimum Gasteiger partial charge on any atom is -0.296 e. The molecule has 0 radical (unpaired) electrons. The van der Waals surface area contributed by atoms with Gasteiger partial charge in [-0.05, 0) is 48.0 Å². The number of halogens is 2. The van der Waals surface area contributed by atoms with Gasteiger partial charge in [0.15, 0.2) is 0 Å². The first-order valence-electron chi connectivity index (χ1n) is 8.33. The van der Waals surface area contributed by atoms with Crippen LogP contribution in [0.1, 0.15) is 27.2 Å². The van der Waals surface area contributed by atoms with Crippen molar-refractivity contribution in [3.05, 3.63) is 101 Å². The van der Waals surface area contributed by atoms with E-state index in [2.05, 4.69) is 31.9 Å². The highest BCUT2D eigenvalue weighted by Crippen LogP contribution is 2.17. The summed E-state index contributed by atoms with van der Waals surface area (Å²) in [6.07, 6.45) is 3.39. The second kappa shape index (κ2) is 8.24. The molecule has 1 heterocycles. The lowest BCUT2D eigenvalue weighted by molar-refractivity contribution is 0.103. The summed E-state index contributed by atoms with van der Waals surface area (Å²) in [5.74, 6) is -0.431. The van der Waals surface area contributed by atoms with Crippen LogP contribution in [0, 0.1) is 0 Å². The molecule has 3 aromatic rings. The lowest BCUT2D eigenvalue weighted by Gasteiger charge is -2.12. The lowest BCUT2D eigenvalue weighted by atomic mass is 10.0. The van der Waals surface area contributed by atoms with Crippen molar-refractivity contribution in [3.63, 3.8) is 0 Å². The molecule has 0 saturated carbocycles. The molecule has 0 unspecified atom stereocenters. The van der Waals surface area contributed by atoms with Gasteiger partial charge in [-0.1, -0.05) is 50.1 Å². The van der Waals surface area contributed by atoms with Crippen molar-refractivity contribution >= 4 is 49.8 Å². The zero-order valence-corrected chi connectivity index (χ0v) is 18.3. The van der Waals surface area contributed by atoms with E-state index in [1.165, 1.54) is 11.6 Å². The molecule has 0 aliphatic rings. The van der Waals surface area contributed by atoms with E-state index in [1.807, 2.05) is 24.3 Å². The number of nitrogens with zero attached hydrogens (tertiary/aromatic N) is 2. The first-order chi connectivity index (χ1) is 13.3. The third-order valence-corrected chi connectivity index (χ3v) is 5.40. The summed E-state index contributed by atoms with van der Waals surface area (Å²) in [5.41, 5.74) is 0.360. The van der Waals surface area contributed by atoms with E-state index < -0.39 is 17.0 Å². The summed E-state index contributed by atoms with van der Waals surface area (Å²) >= 11 is 6.71. The Hall–Kier alpha value is -2.51. The van der Waals surface area contributed by atoms with Gasteiger partial charge < -0.3 is 0 Å². The van der Waals surface area contributed by atoms with Crippen LogP contribution < -0.4 is 11.2 Å². The van der Waals surface area contributed by atoms with Crippen molar-refractivity contribution in [1.29, 1.82) is 0 Å². The third-order valence-electron chi connectivity index (χ3n) is 4.35. The minimum atomic E-state index is -0.619. The van der Waals surface area contributed by atoms with Crippen LogP contribution >= 0.6 is 31.9 Å². The van der Waals surface area contributed by atoms with Crippen molar-refractivity contribution in [3.8, 4) is 0 Å². The van der Waals surface area contributed by atoms with Crippen LogP contribution in [-0.2, 0) is 14.1 Å². The van der Waals surface area contributed by atoms with Gasteiger partial charge in [-0.3, -0.25) is 18.7 Å². The molecule has 0 spiro atoms. The Labute approximate surface area is 178 Å². The molecule has 0 atom stereocenters. The van der Waals surface area contributed by atoms with Crippen LogP contribution in [0.4, 0.5) is 0 Å². The van der Waals surface area contributed by atoms with Crippen molar-refractivity contribution in [2.24, 2.45) is 14.1 Å². The average molecular weight is 504 g/mol. The molecule has 0 amide bonds. The average Bonchev–Trinajstić information content (AvgIpc) is 2.69. The Balaban J connectivity index is 2.19. The number of ketones is 1. The number of hydrogen-bond donors (Lipinski definition) is 0. The van der Waals surface area contributed by atoms with E-state index in [0.717, 1.165) is 19.1 Å². The van der Waals surface area contributed by atoms with Crippen LogP contribution in [0.15, 0.2) is 67.1 Å². The van der Waals surface area contributed by atoms with Crippen LogP contribution in [0.5, 0.6) is 0 Å². The second-order valence-corrected chi connectivity index (χ2v) is 8.02. The van der Waals surface area contributed by atoms with Crippen LogP contribution in [0.3, 0.4) is 0 Å². The van der Waals surface area contributed by atoms with Gasteiger partial charge in [0.25, 0.3) is 5.56 Å². The molecule has 5 nitrogen and oxygen atoms in total. The Kier molecular flexibility index (Phi) is 5.96. The van der Waals surface area contributed by atoms with Crippen molar-refractivity contribution in [2.45, 2.75) is 0 Å².